The Morgan fingerprint density at radius 3 is 1.58 bits per heavy atom. The van der Waals surface area contributed by atoms with Gasteiger partial charge in [-0.25, -0.2) is 0 Å². The lowest BCUT2D eigenvalue weighted by Gasteiger charge is -2.05. The van der Waals surface area contributed by atoms with Crippen LogP contribution in [-0.4, -0.2) is 45.1 Å². The fourth-order valence-corrected chi connectivity index (χ4v) is 5.21. The molecule has 3 rings (SSSR count). The van der Waals surface area contributed by atoms with Gasteiger partial charge in [-0.3, -0.25) is 19.2 Å². The Balaban J connectivity index is 1.44. The van der Waals surface area contributed by atoms with Gasteiger partial charge in [0.15, 0.2) is 20.2 Å². The van der Waals surface area contributed by atoms with Crippen molar-refractivity contribution >= 4 is 69.6 Å². The third-order valence-electron chi connectivity index (χ3n) is 4.15. The molecule has 0 aliphatic rings. The summed E-state index contributed by atoms with van der Waals surface area (Å²) in [5.41, 5.74) is 2.17. The van der Waals surface area contributed by atoms with Gasteiger partial charge in [0.25, 0.3) is 0 Å². The molecule has 0 saturated carbocycles. The zero-order chi connectivity index (χ0) is 23.8. The van der Waals surface area contributed by atoms with Crippen LogP contribution >= 0.6 is 34.9 Å². The molecular formula is C22H20N4O4S3. The van der Waals surface area contributed by atoms with Crippen LogP contribution in [0.2, 0.25) is 0 Å². The smallest absolute Gasteiger partial charge is 0.234 e. The molecule has 2 amide bonds. The van der Waals surface area contributed by atoms with Gasteiger partial charge in [-0.2, -0.15) is 0 Å². The number of aromatic nitrogens is 2. The maximum atomic E-state index is 12.2. The summed E-state index contributed by atoms with van der Waals surface area (Å²) >= 11 is 3.78. The molecule has 8 nitrogen and oxygen atoms in total. The van der Waals surface area contributed by atoms with Crippen molar-refractivity contribution in [3.63, 3.8) is 0 Å². The molecule has 0 saturated heterocycles. The summed E-state index contributed by atoms with van der Waals surface area (Å²) in [5.74, 6) is -0.322. The van der Waals surface area contributed by atoms with Gasteiger partial charge < -0.3 is 10.6 Å². The number of Topliss-reactive ketones (excluding diaryl/α,β-unsaturated/α-hetero) is 2. The van der Waals surface area contributed by atoms with E-state index in [0.717, 1.165) is 0 Å². The predicted octanol–water partition coefficient (Wildman–Crippen LogP) is 4.40. The molecule has 1 aromatic heterocycles. The average molecular weight is 501 g/mol. The van der Waals surface area contributed by atoms with E-state index in [1.165, 1.54) is 48.7 Å². The average Bonchev–Trinajstić information content (AvgIpc) is 3.24. The summed E-state index contributed by atoms with van der Waals surface area (Å²) < 4.78 is 1.22. The van der Waals surface area contributed by atoms with Crippen LogP contribution < -0.4 is 10.6 Å². The molecule has 0 aliphatic heterocycles. The Morgan fingerprint density at radius 1 is 0.758 bits per heavy atom. The molecule has 11 heteroatoms. The number of anilines is 2. The number of thioether (sulfide) groups is 2. The third-order valence-corrected chi connectivity index (χ3v) is 7.34. The van der Waals surface area contributed by atoms with E-state index >= 15 is 0 Å². The van der Waals surface area contributed by atoms with Crippen LogP contribution in [0.15, 0.2) is 57.2 Å². The molecule has 0 spiro atoms. The summed E-state index contributed by atoms with van der Waals surface area (Å²) in [6.07, 6.45) is 0. The van der Waals surface area contributed by atoms with E-state index in [4.69, 9.17) is 0 Å². The van der Waals surface area contributed by atoms with Gasteiger partial charge in [0.1, 0.15) is 0 Å². The third kappa shape index (κ3) is 7.81. The first-order valence-electron chi connectivity index (χ1n) is 9.71. The number of rotatable bonds is 10. The highest BCUT2D eigenvalue weighted by Gasteiger charge is 2.12. The van der Waals surface area contributed by atoms with Crippen LogP contribution in [0.1, 0.15) is 34.6 Å². The molecule has 0 radical (unpaired) electrons. The highest BCUT2D eigenvalue weighted by atomic mass is 32.2. The van der Waals surface area contributed by atoms with Crippen LogP contribution in [0, 0.1) is 0 Å². The van der Waals surface area contributed by atoms with E-state index in [-0.39, 0.29) is 34.9 Å². The lowest BCUT2D eigenvalue weighted by Crippen LogP contribution is -2.14. The zero-order valence-corrected chi connectivity index (χ0v) is 20.2. The molecule has 0 bridgehead atoms. The summed E-state index contributed by atoms with van der Waals surface area (Å²) in [6, 6.07) is 13.5. The highest BCUT2D eigenvalue weighted by Crippen LogP contribution is 2.29. The van der Waals surface area contributed by atoms with Gasteiger partial charge >= 0.3 is 0 Å². The number of nitrogens with zero attached hydrogens (tertiary/aromatic N) is 2. The van der Waals surface area contributed by atoms with Crippen LogP contribution in [0.5, 0.6) is 0 Å². The lowest BCUT2D eigenvalue weighted by molar-refractivity contribution is -0.114. The molecule has 0 atom stereocenters. The number of nitrogens with one attached hydrogen (secondary N) is 2. The largest absolute Gasteiger partial charge is 0.325 e. The number of amides is 2. The van der Waals surface area contributed by atoms with E-state index < -0.39 is 0 Å². The first kappa shape index (κ1) is 24.6. The number of carbonyl (C=O) groups excluding carboxylic acids is 4. The van der Waals surface area contributed by atoms with E-state index in [1.807, 2.05) is 0 Å². The molecule has 3 aromatic rings. The Kier molecular flexibility index (Phi) is 8.75. The summed E-state index contributed by atoms with van der Waals surface area (Å²) in [4.78, 5) is 47.3. The first-order chi connectivity index (χ1) is 15.8. The molecule has 2 N–H and O–H groups in total. The monoisotopic (exact) mass is 500 g/mol. The van der Waals surface area contributed by atoms with Crippen molar-refractivity contribution in [3.8, 4) is 0 Å². The fraction of sp³-hybridized carbons (Fsp3) is 0.182. The standard InChI is InChI=1S/C22H20N4O4S3/c1-13(27)15-5-3-7-17(9-15)23-19(29)11-31-21-25-26-22(33-21)32-12-20(30)24-18-8-4-6-16(10-18)14(2)28/h3-10H,11-12H2,1-2H3,(H,23,29)(H,24,30). The molecule has 2 aromatic carbocycles. The Hall–Kier alpha value is -3.02. The second kappa shape index (κ2) is 11.7. The minimum atomic E-state index is -0.225. The Labute approximate surface area is 203 Å². The second-order valence-corrected chi connectivity index (χ2v) is 10.2. The maximum absolute atomic E-state index is 12.2. The van der Waals surface area contributed by atoms with Crippen molar-refractivity contribution < 1.29 is 19.2 Å². The quantitative estimate of drug-likeness (QED) is 0.311. The second-order valence-electron chi connectivity index (χ2n) is 6.78. The van der Waals surface area contributed by atoms with Crippen LogP contribution in [-0.2, 0) is 9.59 Å². The van der Waals surface area contributed by atoms with Crippen molar-refractivity contribution in [2.45, 2.75) is 22.5 Å². The van der Waals surface area contributed by atoms with Crippen molar-refractivity contribution in [2.75, 3.05) is 22.1 Å². The van der Waals surface area contributed by atoms with Crippen LogP contribution in [0.4, 0.5) is 11.4 Å². The van der Waals surface area contributed by atoms with Crippen molar-refractivity contribution in [3.05, 3.63) is 59.7 Å². The van der Waals surface area contributed by atoms with E-state index in [2.05, 4.69) is 20.8 Å². The number of benzene rings is 2. The Morgan fingerprint density at radius 2 is 1.18 bits per heavy atom. The fourth-order valence-electron chi connectivity index (χ4n) is 2.59. The van der Waals surface area contributed by atoms with Gasteiger partial charge in [-0.1, -0.05) is 59.1 Å². The SMILES string of the molecule is CC(=O)c1cccc(NC(=O)CSc2nnc(SCC(=O)Nc3cccc(C(C)=O)c3)s2)c1. The molecule has 33 heavy (non-hydrogen) atoms. The predicted molar refractivity (Wildman–Crippen MR) is 132 cm³/mol. The van der Waals surface area contributed by atoms with Crippen molar-refractivity contribution in [1.82, 2.24) is 10.2 Å². The van der Waals surface area contributed by atoms with Gasteiger partial charge in [0.2, 0.25) is 11.8 Å². The first-order valence-corrected chi connectivity index (χ1v) is 12.5. The summed E-state index contributed by atoms with van der Waals surface area (Å²) in [6.45, 7) is 2.94. The Bertz CT molecular complexity index is 1110. The van der Waals surface area contributed by atoms with E-state index in [1.54, 1.807) is 48.5 Å². The van der Waals surface area contributed by atoms with E-state index in [0.29, 0.717) is 31.2 Å². The topological polar surface area (TPSA) is 118 Å². The zero-order valence-electron chi connectivity index (χ0n) is 17.8. The minimum absolute atomic E-state index is 0.0716. The molecule has 0 aliphatic carbocycles. The van der Waals surface area contributed by atoms with Crippen molar-refractivity contribution in [2.24, 2.45) is 0 Å². The number of hydrogen-bond donors (Lipinski definition) is 2. The summed E-state index contributed by atoms with van der Waals surface area (Å²) in [5, 5.41) is 13.6. The summed E-state index contributed by atoms with van der Waals surface area (Å²) in [7, 11) is 0. The maximum Gasteiger partial charge on any atom is 0.234 e. The van der Waals surface area contributed by atoms with E-state index in [9.17, 15) is 19.2 Å². The van der Waals surface area contributed by atoms with Gasteiger partial charge in [0, 0.05) is 22.5 Å². The number of carbonyl (C=O) groups is 4. The molecule has 170 valence electrons. The minimum Gasteiger partial charge on any atom is -0.325 e. The molecule has 0 fully saturated rings. The van der Waals surface area contributed by atoms with Crippen LogP contribution in [0.3, 0.4) is 0 Å². The van der Waals surface area contributed by atoms with Crippen LogP contribution in [0.25, 0.3) is 0 Å². The van der Waals surface area contributed by atoms with Crippen molar-refractivity contribution in [1.29, 1.82) is 0 Å². The highest BCUT2D eigenvalue weighted by molar-refractivity contribution is 8.03. The number of ketones is 2. The molecule has 1 heterocycles. The normalized spacial score (nSPS) is 10.5. The van der Waals surface area contributed by atoms with Gasteiger partial charge in [-0.15, -0.1) is 10.2 Å². The van der Waals surface area contributed by atoms with Gasteiger partial charge in [0.05, 0.1) is 11.5 Å². The molecular weight excluding hydrogens is 480 g/mol. The number of hydrogen-bond acceptors (Lipinski definition) is 9. The van der Waals surface area contributed by atoms with Gasteiger partial charge in [-0.05, 0) is 38.1 Å². The lowest BCUT2D eigenvalue weighted by atomic mass is 10.1. The molecule has 0 unspecified atom stereocenters.